The highest BCUT2D eigenvalue weighted by Gasteiger charge is 2.15. The molecule has 0 atom stereocenters. The van der Waals surface area contributed by atoms with E-state index in [1.165, 1.54) is 10.7 Å². The molecule has 16 heavy (non-hydrogen) atoms. The standard InChI is InChI=1S/C10H14N4O2/c1-6(2)4-8-12-14-5-7(9(15)16)11-10(14)13(8)3/h5-6H,4H2,1-3H3,(H,15,16). The van der Waals surface area contributed by atoms with Crippen molar-refractivity contribution >= 4 is 11.7 Å². The SMILES string of the molecule is CC(C)Cc1nn2cc(C(=O)O)nc2n1C. The zero-order chi connectivity index (χ0) is 11.9. The molecule has 6 heteroatoms. The van der Waals surface area contributed by atoms with Gasteiger partial charge in [-0.05, 0) is 5.92 Å². The summed E-state index contributed by atoms with van der Waals surface area (Å²) in [5.41, 5.74) is 0.0224. The van der Waals surface area contributed by atoms with Crippen LogP contribution in [0.15, 0.2) is 6.20 Å². The highest BCUT2D eigenvalue weighted by molar-refractivity contribution is 5.85. The van der Waals surface area contributed by atoms with E-state index in [-0.39, 0.29) is 5.69 Å². The van der Waals surface area contributed by atoms with E-state index in [1.54, 1.807) is 0 Å². The van der Waals surface area contributed by atoms with Crippen molar-refractivity contribution in [2.45, 2.75) is 20.3 Å². The number of hydrogen-bond acceptors (Lipinski definition) is 3. The minimum absolute atomic E-state index is 0.0224. The number of carboxylic acid groups (broad SMARTS) is 1. The first-order chi connectivity index (χ1) is 7.49. The van der Waals surface area contributed by atoms with Crippen molar-refractivity contribution in [3.05, 3.63) is 17.7 Å². The van der Waals surface area contributed by atoms with Crippen molar-refractivity contribution in [2.75, 3.05) is 0 Å². The van der Waals surface area contributed by atoms with Gasteiger partial charge in [-0.15, -0.1) is 0 Å². The number of aryl methyl sites for hydroxylation is 1. The Bertz CT molecular complexity index is 538. The summed E-state index contributed by atoms with van der Waals surface area (Å²) in [5, 5.41) is 13.1. The van der Waals surface area contributed by atoms with Crippen LogP contribution in [0.4, 0.5) is 0 Å². The summed E-state index contributed by atoms with van der Waals surface area (Å²) < 4.78 is 3.34. The molecular formula is C10H14N4O2. The molecule has 2 rings (SSSR count). The number of nitrogens with zero attached hydrogens (tertiary/aromatic N) is 4. The minimum Gasteiger partial charge on any atom is -0.476 e. The van der Waals surface area contributed by atoms with Gasteiger partial charge in [-0.3, -0.25) is 4.57 Å². The Labute approximate surface area is 92.5 Å². The summed E-state index contributed by atoms with van der Waals surface area (Å²) in [7, 11) is 1.85. The highest BCUT2D eigenvalue weighted by Crippen LogP contribution is 2.10. The van der Waals surface area contributed by atoms with Crippen molar-refractivity contribution in [1.82, 2.24) is 19.2 Å². The van der Waals surface area contributed by atoms with Crippen molar-refractivity contribution in [2.24, 2.45) is 13.0 Å². The van der Waals surface area contributed by atoms with Crippen LogP contribution in [0.25, 0.3) is 5.78 Å². The van der Waals surface area contributed by atoms with E-state index in [0.717, 1.165) is 12.2 Å². The maximum absolute atomic E-state index is 10.7. The van der Waals surface area contributed by atoms with Gasteiger partial charge in [0.05, 0.1) is 6.20 Å². The maximum Gasteiger partial charge on any atom is 0.356 e. The van der Waals surface area contributed by atoms with E-state index < -0.39 is 5.97 Å². The number of imidazole rings is 1. The summed E-state index contributed by atoms with van der Waals surface area (Å²) in [6, 6.07) is 0. The molecule has 0 aliphatic carbocycles. The maximum atomic E-state index is 10.7. The smallest absolute Gasteiger partial charge is 0.356 e. The topological polar surface area (TPSA) is 72.4 Å². The predicted octanol–water partition coefficient (Wildman–Crippen LogP) is 0.964. The highest BCUT2D eigenvalue weighted by atomic mass is 16.4. The molecule has 2 heterocycles. The number of aromatic nitrogens is 4. The molecule has 0 unspecified atom stereocenters. The fourth-order valence-electron chi connectivity index (χ4n) is 1.62. The lowest BCUT2D eigenvalue weighted by atomic mass is 10.1. The first-order valence-electron chi connectivity index (χ1n) is 5.13. The van der Waals surface area contributed by atoms with Gasteiger partial charge in [0.2, 0.25) is 5.78 Å². The quantitative estimate of drug-likeness (QED) is 0.839. The fraction of sp³-hybridized carbons (Fsp3) is 0.500. The molecular weight excluding hydrogens is 208 g/mol. The van der Waals surface area contributed by atoms with E-state index in [9.17, 15) is 4.79 Å². The number of carboxylic acids is 1. The molecule has 0 fully saturated rings. The number of carbonyl (C=O) groups is 1. The van der Waals surface area contributed by atoms with Crippen LogP contribution in [0, 0.1) is 5.92 Å². The lowest BCUT2D eigenvalue weighted by molar-refractivity contribution is 0.0691. The van der Waals surface area contributed by atoms with Crippen molar-refractivity contribution in [3.63, 3.8) is 0 Å². The molecule has 0 bridgehead atoms. The number of fused-ring (bicyclic) bond motifs is 1. The van der Waals surface area contributed by atoms with Crippen LogP contribution in [0.5, 0.6) is 0 Å². The van der Waals surface area contributed by atoms with Gasteiger partial charge in [-0.2, -0.15) is 5.10 Å². The third-order valence-corrected chi connectivity index (χ3v) is 2.39. The van der Waals surface area contributed by atoms with Gasteiger partial charge in [0.15, 0.2) is 5.69 Å². The van der Waals surface area contributed by atoms with Crippen LogP contribution in [-0.2, 0) is 13.5 Å². The van der Waals surface area contributed by atoms with Gasteiger partial charge in [-0.1, -0.05) is 13.8 Å². The summed E-state index contributed by atoms with van der Waals surface area (Å²) in [5.74, 6) is 0.947. The Balaban J connectivity index is 2.47. The largest absolute Gasteiger partial charge is 0.476 e. The van der Waals surface area contributed by atoms with Crippen LogP contribution in [-0.4, -0.2) is 30.2 Å². The van der Waals surface area contributed by atoms with Crippen LogP contribution in [0.2, 0.25) is 0 Å². The normalized spacial score (nSPS) is 11.5. The van der Waals surface area contributed by atoms with E-state index in [2.05, 4.69) is 23.9 Å². The molecule has 2 aromatic heterocycles. The monoisotopic (exact) mass is 222 g/mol. The van der Waals surface area contributed by atoms with Gasteiger partial charge >= 0.3 is 5.97 Å². The van der Waals surface area contributed by atoms with Gasteiger partial charge in [-0.25, -0.2) is 14.3 Å². The molecule has 0 radical (unpaired) electrons. The fourth-order valence-corrected chi connectivity index (χ4v) is 1.62. The van der Waals surface area contributed by atoms with Crippen LogP contribution >= 0.6 is 0 Å². The first-order valence-corrected chi connectivity index (χ1v) is 5.13. The Morgan fingerprint density at radius 1 is 1.56 bits per heavy atom. The molecule has 0 aliphatic heterocycles. The summed E-state index contributed by atoms with van der Waals surface area (Å²) in [6.07, 6.45) is 2.28. The summed E-state index contributed by atoms with van der Waals surface area (Å²) in [6.45, 7) is 4.22. The molecule has 0 saturated heterocycles. The Morgan fingerprint density at radius 2 is 2.25 bits per heavy atom. The summed E-state index contributed by atoms with van der Waals surface area (Å²) in [4.78, 5) is 14.7. The zero-order valence-corrected chi connectivity index (χ0v) is 9.51. The predicted molar refractivity (Wildman–Crippen MR) is 57.5 cm³/mol. The Kier molecular flexibility index (Phi) is 2.41. The third kappa shape index (κ3) is 1.66. The van der Waals surface area contributed by atoms with Crippen LogP contribution in [0.3, 0.4) is 0 Å². The first kappa shape index (κ1) is 10.7. The van der Waals surface area contributed by atoms with Crippen molar-refractivity contribution in [3.8, 4) is 0 Å². The second-order valence-corrected chi connectivity index (χ2v) is 4.25. The van der Waals surface area contributed by atoms with E-state index in [1.807, 2.05) is 11.6 Å². The lowest BCUT2D eigenvalue weighted by Crippen LogP contribution is -2.04. The van der Waals surface area contributed by atoms with Gasteiger partial charge in [0, 0.05) is 13.5 Å². The van der Waals surface area contributed by atoms with E-state index in [0.29, 0.717) is 11.7 Å². The Hall–Kier alpha value is -1.85. The molecule has 1 N–H and O–H groups in total. The second-order valence-electron chi connectivity index (χ2n) is 4.25. The minimum atomic E-state index is -1.03. The summed E-state index contributed by atoms with van der Waals surface area (Å²) >= 11 is 0. The molecule has 0 aliphatic rings. The second kappa shape index (κ2) is 3.62. The molecule has 0 aromatic carbocycles. The van der Waals surface area contributed by atoms with E-state index >= 15 is 0 Å². The van der Waals surface area contributed by atoms with Crippen molar-refractivity contribution in [1.29, 1.82) is 0 Å². The average Bonchev–Trinajstić information content (AvgIpc) is 2.68. The third-order valence-electron chi connectivity index (χ3n) is 2.39. The lowest BCUT2D eigenvalue weighted by Gasteiger charge is -2.02. The number of aromatic carboxylic acids is 1. The average molecular weight is 222 g/mol. The van der Waals surface area contributed by atoms with E-state index in [4.69, 9.17) is 5.11 Å². The van der Waals surface area contributed by atoms with Gasteiger partial charge < -0.3 is 5.11 Å². The number of rotatable bonds is 3. The Morgan fingerprint density at radius 3 is 2.75 bits per heavy atom. The molecule has 0 amide bonds. The van der Waals surface area contributed by atoms with Gasteiger partial charge in [0.25, 0.3) is 0 Å². The molecule has 6 nitrogen and oxygen atoms in total. The molecule has 0 saturated carbocycles. The zero-order valence-electron chi connectivity index (χ0n) is 9.51. The molecule has 86 valence electrons. The van der Waals surface area contributed by atoms with Gasteiger partial charge in [0.1, 0.15) is 5.82 Å². The molecule has 0 spiro atoms. The van der Waals surface area contributed by atoms with Crippen LogP contribution in [0.1, 0.15) is 30.2 Å². The molecule has 2 aromatic rings. The van der Waals surface area contributed by atoms with Crippen molar-refractivity contribution < 1.29 is 9.90 Å². The van der Waals surface area contributed by atoms with Crippen LogP contribution < -0.4 is 0 Å². The number of hydrogen-bond donors (Lipinski definition) is 1.